The number of nitrogens with zero attached hydrogens (tertiary/aromatic N) is 2. The molecule has 0 spiro atoms. The van der Waals surface area contributed by atoms with Crippen molar-refractivity contribution in [3.05, 3.63) is 41.6 Å². The Hall–Kier alpha value is -2.04. The van der Waals surface area contributed by atoms with Crippen LogP contribution in [0.4, 0.5) is 14.6 Å². The number of nitrogens with one attached hydrogen (secondary N) is 1. The Morgan fingerprint density at radius 2 is 1.70 bits per heavy atom. The van der Waals surface area contributed by atoms with Gasteiger partial charge >= 0.3 is 0 Å². The number of halogens is 2. The zero-order valence-electron chi connectivity index (χ0n) is 11.7. The van der Waals surface area contributed by atoms with Gasteiger partial charge < -0.3 is 5.32 Å². The molecule has 106 valence electrons. The highest BCUT2D eigenvalue weighted by Crippen LogP contribution is 2.21. The Kier molecular flexibility index (Phi) is 4.27. The van der Waals surface area contributed by atoms with Crippen molar-refractivity contribution in [3.63, 3.8) is 0 Å². The van der Waals surface area contributed by atoms with Gasteiger partial charge in [-0.15, -0.1) is 0 Å². The van der Waals surface area contributed by atoms with Crippen molar-refractivity contribution < 1.29 is 8.78 Å². The Balaban J connectivity index is 2.49. The molecule has 20 heavy (non-hydrogen) atoms. The third kappa shape index (κ3) is 3.50. The molecule has 0 aliphatic carbocycles. The first-order chi connectivity index (χ1) is 9.47. The van der Waals surface area contributed by atoms with Crippen molar-refractivity contribution in [1.29, 1.82) is 0 Å². The van der Waals surface area contributed by atoms with E-state index in [2.05, 4.69) is 29.1 Å². The molecule has 0 aliphatic rings. The standard InChI is InChI=1S/C15H17F2N3/c1-9(2)4-13-8-14(18-3)20-15(19-13)10-5-11(16)7-12(17)6-10/h5-9H,4H2,1-3H3,(H,18,19,20). The predicted molar refractivity (Wildman–Crippen MR) is 75.5 cm³/mol. The molecule has 1 aromatic heterocycles. The quantitative estimate of drug-likeness (QED) is 0.926. The van der Waals surface area contributed by atoms with Gasteiger partial charge in [0.2, 0.25) is 0 Å². The lowest BCUT2D eigenvalue weighted by Crippen LogP contribution is -2.04. The second-order valence-corrected chi connectivity index (χ2v) is 5.07. The van der Waals surface area contributed by atoms with E-state index in [0.717, 1.165) is 18.2 Å². The molecule has 0 bridgehead atoms. The summed E-state index contributed by atoms with van der Waals surface area (Å²) in [7, 11) is 1.75. The highest BCUT2D eigenvalue weighted by atomic mass is 19.1. The second-order valence-electron chi connectivity index (χ2n) is 5.07. The van der Waals surface area contributed by atoms with Crippen molar-refractivity contribution in [1.82, 2.24) is 9.97 Å². The van der Waals surface area contributed by atoms with Crippen molar-refractivity contribution >= 4 is 5.82 Å². The maximum atomic E-state index is 13.3. The van der Waals surface area contributed by atoms with Crippen LogP contribution in [-0.2, 0) is 6.42 Å². The van der Waals surface area contributed by atoms with E-state index in [-0.39, 0.29) is 0 Å². The fourth-order valence-corrected chi connectivity index (χ4v) is 1.96. The summed E-state index contributed by atoms with van der Waals surface area (Å²) >= 11 is 0. The molecular formula is C15H17F2N3. The van der Waals surface area contributed by atoms with Crippen molar-refractivity contribution in [3.8, 4) is 11.4 Å². The maximum Gasteiger partial charge on any atom is 0.161 e. The summed E-state index contributed by atoms with van der Waals surface area (Å²) in [6.45, 7) is 4.17. The molecule has 2 rings (SSSR count). The average Bonchev–Trinajstić information content (AvgIpc) is 2.36. The van der Waals surface area contributed by atoms with Gasteiger partial charge in [-0.1, -0.05) is 13.8 Å². The third-order valence-corrected chi connectivity index (χ3v) is 2.77. The predicted octanol–water partition coefficient (Wildman–Crippen LogP) is 3.66. The highest BCUT2D eigenvalue weighted by Gasteiger charge is 2.10. The number of hydrogen-bond donors (Lipinski definition) is 1. The highest BCUT2D eigenvalue weighted by molar-refractivity contribution is 5.57. The molecule has 1 heterocycles. The van der Waals surface area contributed by atoms with Gasteiger partial charge in [-0.05, 0) is 24.5 Å². The van der Waals surface area contributed by atoms with Crippen LogP contribution in [0.3, 0.4) is 0 Å². The van der Waals surface area contributed by atoms with Crippen LogP contribution < -0.4 is 5.32 Å². The Morgan fingerprint density at radius 3 is 2.25 bits per heavy atom. The Labute approximate surface area is 117 Å². The minimum atomic E-state index is -0.635. The van der Waals surface area contributed by atoms with Crippen LogP contribution in [0.15, 0.2) is 24.3 Å². The monoisotopic (exact) mass is 277 g/mol. The number of benzene rings is 1. The molecule has 0 saturated carbocycles. The summed E-state index contributed by atoms with van der Waals surface area (Å²) in [5, 5.41) is 2.94. The lowest BCUT2D eigenvalue weighted by molar-refractivity contribution is 0.583. The molecular weight excluding hydrogens is 260 g/mol. The van der Waals surface area contributed by atoms with Crippen LogP contribution in [0.5, 0.6) is 0 Å². The number of aromatic nitrogens is 2. The van der Waals surface area contributed by atoms with E-state index in [4.69, 9.17) is 0 Å². The van der Waals surface area contributed by atoms with E-state index in [9.17, 15) is 8.78 Å². The molecule has 0 amide bonds. The number of anilines is 1. The molecule has 0 radical (unpaired) electrons. The summed E-state index contributed by atoms with van der Waals surface area (Å²) in [6.07, 6.45) is 0.780. The van der Waals surface area contributed by atoms with Gasteiger partial charge in [0.25, 0.3) is 0 Å². The van der Waals surface area contributed by atoms with Gasteiger partial charge in [0.15, 0.2) is 5.82 Å². The second kappa shape index (κ2) is 5.94. The van der Waals surface area contributed by atoms with Gasteiger partial charge in [-0.25, -0.2) is 18.7 Å². The van der Waals surface area contributed by atoms with E-state index in [1.165, 1.54) is 12.1 Å². The minimum absolute atomic E-state index is 0.325. The molecule has 0 aliphatic heterocycles. The van der Waals surface area contributed by atoms with Gasteiger partial charge in [-0.2, -0.15) is 0 Å². The van der Waals surface area contributed by atoms with Crippen LogP contribution in [0.1, 0.15) is 19.5 Å². The first-order valence-electron chi connectivity index (χ1n) is 6.50. The van der Waals surface area contributed by atoms with E-state index in [1.54, 1.807) is 7.05 Å². The molecule has 2 aromatic rings. The van der Waals surface area contributed by atoms with Crippen molar-refractivity contribution in [2.75, 3.05) is 12.4 Å². The van der Waals surface area contributed by atoms with Gasteiger partial charge in [-0.3, -0.25) is 0 Å². The van der Waals surface area contributed by atoms with E-state index >= 15 is 0 Å². The molecule has 5 heteroatoms. The fourth-order valence-electron chi connectivity index (χ4n) is 1.96. The summed E-state index contributed by atoms with van der Waals surface area (Å²) in [4.78, 5) is 8.65. The SMILES string of the molecule is CNc1cc(CC(C)C)nc(-c2cc(F)cc(F)c2)n1. The van der Waals surface area contributed by atoms with Gasteiger partial charge in [0, 0.05) is 30.4 Å². The van der Waals surface area contributed by atoms with E-state index < -0.39 is 11.6 Å². The Morgan fingerprint density at radius 1 is 1.05 bits per heavy atom. The largest absolute Gasteiger partial charge is 0.373 e. The lowest BCUT2D eigenvalue weighted by atomic mass is 10.1. The summed E-state index contributed by atoms with van der Waals surface area (Å²) in [6, 6.07) is 5.15. The topological polar surface area (TPSA) is 37.8 Å². The smallest absolute Gasteiger partial charge is 0.161 e. The summed E-state index contributed by atoms with van der Waals surface area (Å²) in [5.41, 5.74) is 1.18. The molecule has 1 aromatic carbocycles. The van der Waals surface area contributed by atoms with Crippen LogP contribution in [0.2, 0.25) is 0 Å². The normalized spacial score (nSPS) is 10.9. The molecule has 3 nitrogen and oxygen atoms in total. The van der Waals surface area contributed by atoms with Crippen LogP contribution in [0, 0.1) is 17.6 Å². The minimum Gasteiger partial charge on any atom is -0.373 e. The summed E-state index contributed by atoms with van der Waals surface area (Å²) < 4.78 is 26.6. The number of hydrogen-bond acceptors (Lipinski definition) is 3. The molecule has 0 fully saturated rings. The van der Waals surface area contributed by atoms with Crippen LogP contribution >= 0.6 is 0 Å². The molecule has 0 atom stereocenters. The number of rotatable bonds is 4. The third-order valence-electron chi connectivity index (χ3n) is 2.77. The molecule has 0 saturated heterocycles. The van der Waals surface area contributed by atoms with Crippen molar-refractivity contribution in [2.24, 2.45) is 5.92 Å². The lowest BCUT2D eigenvalue weighted by Gasteiger charge is -2.09. The molecule has 1 N–H and O–H groups in total. The van der Waals surface area contributed by atoms with Gasteiger partial charge in [0.1, 0.15) is 17.5 Å². The zero-order chi connectivity index (χ0) is 14.7. The summed E-state index contributed by atoms with van der Waals surface area (Å²) in [5.74, 6) is 0.126. The van der Waals surface area contributed by atoms with E-state index in [1.807, 2.05) is 6.07 Å². The zero-order valence-corrected chi connectivity index (χ0v) is 11.7. The fraction of sp³-hybridized carbons (Fsp3) is 0.333. The van der Waals surface area contributed by atoms with Gasteiger partial charge in [0.05, 0.1) is 0 Å². The van der Waals surface area contributed by atoms with Crippen LogP contribution in [-0.4, -0.2) is 17.0 Å². The first kappa shape index (κ1) is 14.4. The average molecular weight is 277 g/mol. The Bertz CT molecular complexity index is 592. The first-order valence-corrected chi connectivity index (χ1v) is 6.50. The van der Waals surface area contributed by atoms with E-state index in [0.29, 0.717) is 23.1 Å². The molecule has 0 unspecified atom stereocenters. The maximum absolute atomic E-state index is 13.3. The van der Waals surface area contributed by atoms with Crippen LogP contribution in [0.25, 0.3) is 11.4 Å². The van der Waals surface area contributed by atoms with Crippen molar-refractivity contribution in [2.45, 2.75) is 20.3 Å².